The summed E-state index contributed by atoms with van der Waals surface area (Å²) in [5.41, 5.74) is 0.950. The zero-order valence-corrected chi connectivity index (χ0v) is 15.6. The number of anilines is 2. The lowest BCUT2D eigenvalue weighted by Crippen LogP contribution is -2.32. The lowest BCUT2D eigenvalue weighted by Gasteiger charge is -2.15. The molecule has 1 unspecified atom stereocenters. The fourth-order valence-electron chi connectivity index (χ4n) is 2.21. The second-order valence-corrected chi connectivity index (χ2v) is 5.61. The van der Waals surface area contributed by atoms with Crippen LogP contribution in [0.1, 0.15) is 30.8 Å². The molecule has 2 aromatic rings. The molecule has 0 aliphatic carbocycles. The minimum absolute atomic E-state index is 0.0846. The Kier molecular flexibility index (Phi) is 6.60. The van der Waals surface area contributed by atoms with Crippen LogP contribution in [0, 0.1) is 0 Å². The van der Waals surface area contributed by atoms with E-state index in [1.807, 2.05) is 13.8 Å². The summed E-state index contributed by atoms with van der Waals surface area (Å²) >= 11 is 0. The van der Waals surface area contributed by atoms with Crippen LogP contribution in [0.25, 0.3) is 0 Å². The van der Waals surface area contributed by atoms with E-state index in [4.69, 9.17) is 14.2 Å². The van der Waals surface area contributed by atoms with E-state index in [1.54, 1.807) is 33.5 Å². The second kappa shape index (κ2) is 8.89. The highest BCUT2D eigenvalue weighted by Crippen LogP contribution is 2.40. The van der Waals surface area contributed by atoms with Gasteiger partial charge in [-0.15, -0.1) is 0 Å². The average Bonchev–Trinajstić information content (AvgIpc) is 2.67. The van der Waals surface area contributed by atoms with Crippen molar-refractivity contribution in [2.45, 2.75) is 26.3 Å². The summed E-state index contributed by atoms with van der Waals surface area (Å²) in [6.45, 7) is 3.94. The molecular weight excluding hydrogens is 336 g/mol. The molecule has 26 heavy (non-hydrogen) atoms. The quantitative estimate of drug-likeness (QED) is 0.747. The molecule has 8 nitrogen and oxygen atoms in total. The predicted molar refractivity (Wildman–Crippen MR) is 98.6 cm³/mol. The zero-order chi connectivity index (χ0) is 19.1. The molecule has 1 atom stereocenters. The Balaban J connectivity index is 2.17. The SMILES string of the molecule is CCC(C)NC(=O)c1cnc(Nc2cc(OC)c(OC)c(OC)c2)cn1. The molecule has 0 aliphatic rings. The number of rotatable bonds is 8. The Morgan fingerprint density at radius 3 is 2.19 bits per heavy atom. The van der Waals surface area contributed by atoms with Crippen LogP contribution in [-0.4, -0.2) is 43.2 Å². The van der Waals surface area contributed by atoms with Crippen LogP contribution in [0.5, 0.6) is 17.2 Å². The van der Waals surface area contributed by atoms with Gasteiger partial charge in [0.05, 0.1) is 33.7 Å². The number of benzene rings is 1. The van der Waals surface area contributed by atoms with Gasteiger partial charge in [-0.3, -0.25) is 4.79 Å². The standard InChI is InChI=1S/C18H24N4O4/c1-6-11(2)21-18(23)13-9-20-16(10-19-13)22-12-7-14(24-3)17(26-5)15(8-12)25-4/h7-11H,6H2,1-5H3,(H,20,22)(H,21,23). The van der Waals surface area contributed by atoms with E-state index >= 15 is 0 Å². The number of methoxy groups -OCH3 is 3. The first-order valence-electron chi connectivity index (χ1n) is 8.22. The van der Waals surface area contributed by atoms with Crippen LogP contribution >= 0.6 is 0 Å². The third-order valence-electron chi connectivity index (χ3n) is 3.81. The molecule has 140 valence electrons. The summed E-state index contributed by atoms with van der Waals surface area (Å²) in [4.78, 5) is 20.4. The minimum atomic E-state index is -0.244. The van der Waals surface area contributed by atoms with E-state index in [0.29, 0.717) is 28.8 Å². The number of nitrogens with one attached hydrogen (secondary N) is 2. The molecule has 1 amide bonds. The summed E-state index contributed by atoms with van der Waals surface area (Å²) in [6, 6.07) is 3.60. The normalized spacial score (nSPS) is 11.4. The molecule has 0 bridgehead atoms. The van der Waals surface area contributed by atoms with Crippen LogP contribution in [-0.2, 0) is 0 Å². The largest absolute Gasteiger partial charge is 0.493 e. The van der Waals surface area contributed by atoms with Crippen molar-refractivity contribution in [3.8, 4) is 17.2 Å². The first-order chi connectivity index (χ1) is 12.5. The highest BCUT2D eigenvalue weighted by molar-refractivity contribution is 5.92. The summed E-state index contributed by atoms with van der Waals surface area (Å²) < 4.78 is 15.9. The van der Waals surface area contributed by atoms with Crippen molar-refractivity contribution in [2.24, 2.45) is 0 Å². The van der Waals surface area contributed by atoms with Crippen molar-refractivity contribution in [1.29, 1.82) is 0 Å². The zero-order valence-electron chi connectivity index (χ0n) is 15.6. The molecule has 1 heterocycles. The van der Waals surface area contributed by atoms with Gasteiger partial charge in [-0.2, -0.15) is 0 Å². The number of amides is 1. The topological polar surface area (TPSA) is 94.6 Å². The van der Waals surface area contributed by atoms with Gasteiger partial charge in [0.1, 0.15) is 11.5 Å². The molecule has 0 aliphatic heterocycles. The van der Waals surface area contributed by atoms with Crippen molar-refractivity contribution in [3.63, 3.8) is 0 Å². The highest BCUT2D eigenvalue weighted by atomic mass is 16.5. The fraction of sp³-hybridized carbons (Fsp3) is 0.389. The third-order valence-corrected chi connectivity index (χ3v) is 3.81. The predicted octanol–water partition coefficient (Wildman–Crippen LogP) is 2.77. The van der Waals surface area contributed by atoms with Gasteiger partial charge in [0.25, 0.3) is 5.91 Å². The van der Waals surface area contributed by atoms with Gasteiger partial charge in [-0.05, 0) is 13.3 Å². The lowest BCUT2D eigenvalue weighted by molar-refractivity contribution is 0.0934. The minimum Gasteiger partial charge on any atom is -0.493 e. The van der Waals surface area contributed by atoms with Crippen LogP contribution in [0.3, 0.4) is 0 Å². The average molecular weight is 360 g/mol. The maximum atomic E-state index is 12.0. The van der Waals surface area contributed by atoms with Crippen molar-refractivity contribution in [3.05, 3.63) is 30.2 Å². The van der Waals surface area contributed by atoms with Crippen LogP contribution in [0.4, 0.5) is 11.5 Å². The summed E-state index contributed by atoms with van der Waals surface area (Å²) in [5.74, 6) is 1.79. The number of carbonyl (C=O) groups excluding carboxylic acids is 1. The molecule has 0 spiro atoms. The van der Waals surface area contributed by atoms with E-state index in [1.165, 1.54) is 12.4 Å². The van der Waals surface area contributed by atoms with Gasteiger partial charge >= 0.3 is 0 Å². The third kappa shape index (κ3) is 4.53. The van der Waals surface area contributed by atoms with Crippen molar-refractivity contribution in [2.75, 3.05) is 26.6 Å². The molecule has 0 fully saturated rings. The van der Waals surface area contributed by atoms with Crippen molar-refractivity contribution >= 4 is 17.4 Å². The number of ether oxygens (including phenoxy) is 3. The summed E-state index contributed by atoms with van der Waals surface area (Å²) in [7, 11) is 4.64. The number of hydrogen-bond donors (Lipinski definition) is 2. The number of nitrogens with zero attached hydrogens (tertiary/aromatic N) is 2. The van der Waals surface area contributed by atoms with E-state index in [0.717, 1.165) is 6.42 Å². The van der Waals surface area contributed by atoms with Gasteiger partial charge in [-0.1, -0.05) is 6.92 Å². The number of hydrogen-bond acceptors (Lipinski definition) is 7. The molecule has 0 saturated carbocycles. The maximum absolute atomic E-state index is 12.0. The number of carbonyl (C=O) groups is 1. The highest BCUT2D eigenvalue weighted by Gasteiger charge is 2.14. The molecule has 8 heteroatoms. The maximum Gasteiger partial charge on any atom is 0.271 e. The van der Waals surface area contributed by atoms with Gasteiger partial charge in [0.15, 0.2) is 11.5 Å². The Hall–Kier alpha value is -3.03. The van der Waals surface area contributed by atoms with E-state index in [9.17, 15) is 4.79 Å². The summed E-state index contributed by atoms with van der Waals surface area (Å²) in [5, 5.41) is 5.95. The fourth-order valence-corrected chi connectivity index (χ4v) is 2.21. The summed E-state index contributed by atoms with van der Waals surface area (Å²) in [6.07, 6.45) is 3.77. The molecular formula is C18H24N4O4. The van der Waals surface area contributed by atoms with E-state index in [-0.39, 0.29) is 17.6 Å². The van der Waals surface area contributed by atoms with E-state index in [2.05, 4.69) is 20.6 Å². The van der Waals surface area contributed by atoms with Crippen molar-refractivity contribution in [1.82, 2.24) is 15.3 Å². The monoisotopic (exact) mass is 360 g/mol. The van der Waals surface area contributed by atoms with Gasteiger partial charge in [0, 0.05) is 23.9 Å². The van der Waals surface area contributed by atoms with E-state index < -0.39 is 0 Å². The van der Waals surface area contributed by atoms with Crippen LogP contribution < -0.4 is 24.8 Å². The second-order valence-electron chi connectivity index (χ2n) is 5.61. The first-order valence-corrected chi connectivity index (χ1v) is 8.22. The van der Waals surface area contributed by atoms with Crippen LogP contribution in [0.15, 0.2) is 24.5 Å². The van der Waals surface area contributed by atoms with Crippen molar-refractivity contribution < 1.29 is 19.0 Å². The van der Waals surface area contributed by atoms with Crippen LogP contribution in [0.2, 0.25) is 0 Å². The molecule has 1 aromatic heterocycles. The Labute approximate surface area is 152 Å². The Bertz CT molecular complexity index is 724. The van der Waals surface area contributed by atoms with Gasteiger partial charge in [-0.25, -0.2) is 9.97 Å². The molecule has 0 radical (unpaired) electrons. The molecule has 1 aromatic carbocycles. The first kappa shape index (κ1) is 19.3. The Morgan fingerprint density at radius 1 is 1.08 bits per heavy atom. The molecule has 0 saturated heterocycles. The number of aromatic nitrogens is 2. The molecule has 2 N–H and O–H groups in total. The molecule has 2 rings (SSSR count). The lowest BCUT2D eigenvalue weighted by atomic mass is 10.2. The van der Waals surface area contributed by atoms with Gasteiger partial charge < -0.3 is 24.8 Å². The smallest absolute Gasteiger partial charge is 0.271 e. The Morgan fingerprint density at radius 2 is 1.73 bits per heavy atom. The van der Waals surface area contributed by atoms with Gasteiger partial charge in [0.2, 0.25) is 5.75 Å².